The van der Waals surface area contributed by atoms with E-state index in [2.05, 4.69) is 0 Å². The second-order valence-corrected chi connectivity index (χ2v) is 10.2. The third kappa shape index (κ3) is 5.20. The van der Waals surface area contributed by atoms with E-state index in [0.29, 0.717) is 21.2 Å². The lowest BCUT2D eigenvalue weighted by molar-refractivity contribution is 0.0704. The summed E-state index contributed by atoms with van der Waals surface area (Å²) in [5.74, 6) is -0.350. The van der Waals surface area contributed by atoms with Crippen LogP contribution in [0.3, 0.4) is 0 Å². The van der Waals surface area contributed by atoms with Gasteiger partial charge in [-0.3, -0.25) is 0 Å². The van der Waals surface area contributed by atoms with Crippen LogP contribution in [0.15, 0.2) is 88.2 Å². The van der Waals surface area contributed by atoms with Gasteiger partial charge < -0.3 is 14.3 Å². The van der Waals surface area contributed by atoms with E-state index in [1.54, 1.807) is 62.4 Å². The molecule has 0 fully saturated rings. The van der Waals surface area contributed by atoms with Crippen LogP contribution < -0.4 is 4.74 Å². The monoisotopic (exact) mass is 493 g/mol. The van der Waals surface area contributed by atoms with Gasteiger partial charge in [0.15, 0.2) is 0 Å². The van der Waals surface area contributed by atoms with Crippen LogP contribution in [0, 0.1) is 5.92 Å². The first-order chi connectivity index (χ1) is 16.6. The van der Waals surface area contributed by atoms with Crippen molar-refractivity contribution in [2.75, 3.05) is 6.54 Å². The summed E-state index contributed by atoms with van der Waals surface area (Å²) in [6.45, 7) is 3.35. The largest absolute Gasteiger partial charge is 0.464 e. The summed E-state index contributed by atoms with van der Waals surface area (Å²) in [5.41, 5.74) is 2.07. The molecular weight excluding hydrogens is 470 g/mol. The zero-order valence-corrected chi connectivity index (χ0v) is 19.9. The summed E-state index contributed by atoms with van der Waals surface area (Å²) in [6.07, 6.45) is -1.52. The number of fused-ring (bicyclic) bond motifs is 1. The average Bonchev–Trinajstić information content (AvgIpc) is 3.27. The SMILES string of the molecule is CC(C)CN(C(=O)O)S(=O)(=O)c1ccc(-c2ccc(OC(=O)c3cc4ccccc4o3)cc2)cc1. The molecule has 0 spiro atoms. The highest BCUT2D eigenvalue weighted by atomic mass is 32.2. The Kier molecular flexibility index (Phi) is 6.61. The predicted molar refractivity (Wildman–Crippen MR) is 130 cm³/mol. The van der Waals surface area contributed by atoms with Gasteiger partial charge in [-0.25, -0.2) is 22.3 Å². The minimum Gasteiger partial charge on any atom is -0.464 e. The fraction of sp³-hybridized carbons (Fsp3) is 0.154. The van der Waals surface area contributed by atoms with Gasteiger partial charge in [0, 0.05) is 11.9 Å². The van der Waals surface area contributed by atoms with Crippen LogP contribution in [0.1, 0.15) is 24.4 Å². The number of esters is 1. The van der Waals surface area contributed by atoms with Crippen LogP contribution in [0.5, 0.6) is 5.75 Å². The maximum absolute atomic E-state index is 12.8. The molecule has 8 nitrogen and oxygen atoms in total. The molecule has 0 aliphatic carbocycles. The molecule has 0 saturated carbocycles. The number of sulfonamides is 1. The molecule has 0 atom stereocenters. The fourth-order valence-electron chi connectivity index (χ4n) is 3.51. The Labute approximate surface area is 202 Å². The number of carbonyl (C=O) groups is 2. The molecule has 0 aliphatic rings. The van der Waals surface area contributed by atoms with E-state index in [0.717, 1.165) is 10.9 Å². The lowest BCUT2D eigenvalue weighted by Crippen LogP contribution is -2.38. The van der Waals surface area contributed by atoms with Crippen LogP contribution in [-0.2, 0) is 10.0 Å². The minimum atomic E-state index is -4.18. The molecule has 1 N–H and O–H groups in total. The first-order valence-corrected chi connectivity index (χ1v) is 12.3. The first kappa shape index (κ1) is 24.0. The van der Waals surface area contributed by atoms with Crippen molar-refractivity contribution >= 4 is 33.1 Å². The molecule has 180 valence electrons. The number of carbonyl (C=O) groups excluding carboxylic acids is 1. The van der Waals surface area contributed by atoms with Gasteiger partial charge in [-0.2, -0.15) is 0 Å². The predicted octanol–water partition coefficient (Wildman–Crippen LogP) is 5.64. The third-order valence-electron chi connectivity index (χ3n) is 5.21. The Morgan fingerprint density at radius 1 is 0.943 bits per heavy atom. The molecular formula is C26H23NO7S. The summed E-state index contributed by atoms with van der Waals surface area (Å²) in [7, 11) is -4.18. The Morgan fingerprint density at radius 3 is 2.11 bits per heavy atom. The van der Waals surface area contributed by atoms with Crippen LogP contribution >= 0.6 is 0 Å². The topological polar surface area (TPSA) is 114 Å². The average molecular weight is 494 g/mol. The van der Waals surface area contributed by atoms with E-state index in [4.69, 9.17) is 9.15 Å². The highest BCUT2D eigenvalue weighted by Crippen LogP contribution is 2.26. The number of benzene rings is 3. The van der Waals surface area contributed by atoms with E-state index in [1.165, 1.54) is 12.1 Å². The third-order valence-corrected chi connectivity index (χ3v) is 6.96. The molecule has 4 rings (SSSR count). The normalized spacial score (nSPS) is 11.5. The zero-order chi connectivity index (χ0) is 25.2. The van der Waals surface area contributed by atoms with Gasteiger partial charge in [0.05, 0.1) is 4.90 Å². The van der Waals surface area contributed by atoms with Crippen molar-refractivity contribution in [2.24, 2.45) is 5.92 Å². The standard InChI is InChI=1S/C26H23NO7S/c1-17(2)16-27(26(29)30)35(31,32)22-13-9-19(10-14-22)18-7-11-21(12-8-18)33-25(28)24-15-20-5-3-4-6-23(20)34-24/h3-15,17H,16H2,1-2H3,(H,29,30). The molecule has 0 saturated heterocycles. The Bertz CT molecular complexity index is 1440. The number of para-hydroxylation sites is 1. The van der Waals surface area contributed by atoms with Gasteiger partial charge in [-0.1, -0.05) is 56.3 Å². The number of ether oxygens (including phenoxy) is 1. The number of furan rings is 1. The van der Waals surface area contributed by atoms with Crippen LogP contribution in [0.2, 0.25) is 0 Å². The summed E-state index contributed by atoms with van der Waals surface area (Å²) < 4.78 is 36.9. The van der Waals surface area contributed by atoms with Gasteiger partial charge in [-0.05, 0) is 53.4 Å². The van der Waals surface area contributed by atoms with Crippen molar-refractivity contribution in [3.05, 3.63) is 84.6 Å². The second kappa shape index (κ2) is 9.63. The number of nitrogens with zero attached hydrogens (tertiary/aromatic N) is 1. The summed E-state index contributed by atoms with van der Waals surface area (Å²) >= 11 is 0. The van der Waals surface area contributed by atoms with E-state index in [-0.39, 0.29) is 23.1 Å². The van der Waals surface area contributed by atoms with E-state index in [1.807, 2.05) is 18.2 Å². The minimum absolute atomic E-state index is 0.0972. The van der Waals surface area contributed by atoms with Crippen molar-refractivity contribution in [2.45, 2.75) is 18.7 Å². The molecule has 0 bridgehead atoms. The fourth-order valence-corrected chi connectivity index (χ4v) is 4.95. The number of hydrogen-bond acceptors (Lipinski definition) is 6. The maximum Gasteiger partial charge on any atom is 0.421 e. The maximum atomic E-state index is 12.8. The molecule has 3 aromatic carbocycles. The van der Waals surface area contributed by atoms with Crippen LogP contribution in [-0.4, -0.2) is 36.4 Å². The van der Waals surface area contributed by atoms with Crippen molar-refractivity contribution < 1.29 is 32.3 Å². The second-order valence-electron chi connectivity index (χ2n) is 8.30. The van der Waals surface area contributed by atoms with Crippen LogP contribution in [0.4, 0.5) is 4.79 Å². The summed E-state index contributed by atoms with van der Waals surface area (Å²) in [4.78, 5) is 23.8. The Balaban J connectivity index is 1.48. The lowest BCUT2D eigenvalue weighted by atomic mass is 10.1. The van der Waals surface area contributed by atoms with Crippen molar-refractivity contribution in [3.63, 3.8) is 0 Å². The van der Waals surface area contributed by atoms with Gasteiger partial charge in [0.1, 0.15) is 11.3 Å². The van der Waals surface area contributed by atoms with Crippen molar-refractivity contribution in [1.82, 2.24) is 4.31 Å². The zero-order valence-electron chi connectivity index (χ0n) is 19.0. The van der Waals surface area contributed by atoms with Crippen molar-refractivity contribution in [3.8, 4) is 16.9 Å². The highest BCUT2D eigenvalue weighted by Gasteiger charge is 2.29. The van der Waals surface area contributed by atoms with Gasteiger partial charge in [0.25, 0.3) is 10.0 Å². The molecule has 1 amide bonds. The number of amides is 1. The van der Waals surface area contributed by atoms with E-state index in [9.17, 15) is 23.1 Å². The smallest absolute Gasteiger partial charge is 0.421 e. The molecule has 1 heterocycles. The molecule has 4 aromatic rings. The van der Waals surface area contributed by atoms with Gasteiger partial charge >= 0.3 is 12.1 Å². The molecule has 35 heavy (non-hydrogen) atoms. The van der Waals surface area contributed by atoms with E-state index < -0.39 is 22.1 Å². The van der Waals surface area contributed by atoms with Crippen LogP contribution in [0.25, 0.3) is 22.1 Å². The highest BCUT2D eigenvalue weighted by molar-refractivity contribution is 7.89. The number of carboxylic acid groups (broad SMARTS) is 1. The van der Waals surface area contributed by atoms with E-state index >= 15 is 0 Å². The lowest BCUT2D eigenvalue weighted by Gasteiger charge is -2.21. The first-order valence-electron chi connectivity index (χ1n) is 10.8. The van der Waals surface area contributed by atoms with Gasteiger partial charge in [-0.15, -0.1) is 0 Å². The molecule has 9 heteroatoms. The Hall–Kier alpha value is -4.11. The Morgan fingerprint density at radius 2 is 1.54 bits per heavy atom. The summed E-state index contributed by atoms with van der Waals surface area (Å²) in [5, 5.41) is 10.2. The molecule has 0 radical (unpaired) electrons. The van der Waals surface area contributed by atoms with Gasteiger partial charge in [0.2, 0.25) is 5.76 Å². The van der Waals surface area contributed by atoms with Crippen molar-refractivity contribution in [1.29, 1.82) is 0 Å². The molecule has 0 unspecified atom stereocenters. The number of rotatable bonds is 7. The molecule has 1 aromatic heterocycles. The number of hydrogen-bond donors (Lipinski definition) is 1. The molecule has 0 aliphatic heterocycles. The quantitative estimate of drug-likeness (QED) is 0.262. The summed E-state index contributed by atoms with van der Waals surface area (Å²) in [6, 6.07) is 21.5.